The van der Waals surface area contributed by atoms with Gasteiger partial charge in [0.05, 0.1) is 5.02 Å². The number of benzene rings is 1. The minimum atomic E-state index is -0.252. The van der Waals surface area contributed by atoms with Crippen molar-refractivity contribution in [3.05, 3.63) is 75.7 Å². The predicted molar refractivity (Wildman–Crippen MR) is 154 cm³/mol. The molecule has 0 bridgehead atoms. The van der Waals surface area contributed by atoms with E-state index in [2.05, 4.69) is 46.0 Å². The molecule has 0 saturated carbocycles. The first-order valence-electron chi connectivity index (χ1n) is 12.1. The third-order valence-electron chi connectivity index (χ3n) is 5.85. The molecule has 6 heteroatoms. The van der Waals surface area contributed by atoms with Crippen LogP contribution in [0.2, 0.25) is 5.02 Å². The van der Waals surface area contributed by atoms with Gasteiger partial charge in [0.1, 0.15) is 11.9 Å². The molecule has 0 aliphatic carbocycles. The van der Waals surface area contributed by atoms with Gasteiger partial charge < -0.3 is 15.8 Å². The van der Waals surface area contributed by atoms with Crippen molar-refractivity contribution in [2.24, 2.45) is 10.7 Å². The van der Waals surface area contributed by atoms with Gasteiger partial charge in [0.25, 0.3) is 0 Å². The van der Waals surface area contributed by atoms with E-state index < -0.39 is 0 Å². The van der Waals surface area contributed by atoms with E-state index in [4.69, 9.17) is 22.1 Å². The van der Waals surface area contributed by atoms with Crippen LogP contribution in [0.15, 0.2) is 64.5 Å². The van der Waals surface area contributed by atoms with Crippen molar-refractivity contribution in [1.82, 2.24) is 5.32 Å². The summed E-state index contributed by atoms with van der Waals surface area (Å²) in [4.78, 5) is 4.09. The molecule has 0 amide bonds. The predicted octanol–water partition coefficient (Wildman–Crippen LogP) is 6.58. The van der Waals surface area contributed by atoms with Crippen LogP contribution in [-0.4, -0.2) is 25.8 Å². The molecule has 3 atom stereocenters. The van der Waals surface area contributed by atoms with Gasteiger partial charge in [-0.3, -0.25) is 4.99 Å². The van der Waals surface area contributed by atoms with Gasteiger partial charge in [0, 0.05) is 30.6 Å². The zero-order valence-electron chi connectivity index (χ0n) is 21.7. The summed E-state index contributed by atoms with van der Waals surface area (Å²) >= 11 is 6.58. The van der Waals surface area contributed by atoms with Crippen LogP contribution in [0.1, 0.15) is 71.1 Å². The Balaban J connectivity index is 0.000000700. The molecular formula is C28H43ClN3OP. The second kappa shape index (κ2) is 15.9. The zero-order valence-corrected chi connectivity index (χ0v) is 23.7. The fraction of sp³-hybridized carbons (Fsp3) is 0.464. The first-order valence-corrected chi connectivity index (χ1v) is 13.0. The highest BCUT2D eigenvalue weighted by atomic mass is 35.5. The van der Waals surface area contributed by atoms with Crippen molar-refractivity contribution in [3.8, 4) is 0 Å². The number of nitrogens with two attached hydrogens (primary N) is 1. The number of aryl methyl sites for hydroxylation is 1. The van der Waals surface area contributed by atoms with Crippen LogP contribution in [0.3, 0.4) is 0 Å². The monoisotopic (exact) mass is 503 g/mol. The Hall–Kier alpha value is -1.87. The summed E-state index contributed by atoms with van der Waals surface area (Å²) in [7, 11) is 4.40. The van der Waals surface area contributed by atoms with E-state index in [1.807, 2.05) is 39.0 Å². The molecule has 1 aromatic rings. The first-order chi connectivity index (χ1) is 16.2. The van der Waals surface area contributed by atoms with Crippen LogP contribution in [-0.2, 0) is 11.2 Å². The van der Waals surface area contributed by atoms with Crippen LogP contribution < -0.4 is 16.4 Å². The summed E-state index contributed by atoms with van der Waals surface area (Å²) in [5, 5.41) is 5.07. The third-order valence-corrected chi connectivity index (χ3v) is 6.94. The highest BCUT2D eigenvalue weighted by Gasteiger charge is 2.18. The molecule has 1 fully saturated rings. The fourth-order valence-corrected chi connectivity index (χ4v) is 4.44. The van der Waals surface area contributed by atoms with Crippen LogP contribution in [0.4, 0.5) is 0 Å². The van der Waals surface area contributed by atoms with E-state index >= 15 is 0 Å². The number of nitrogens with one attached hydrogen (secondary N) is 1. The lowest BCUT2D eigenvalue weighted by Gasteiger charge is -2.22. The van der Waals surface area contributed by atoms with Gasteiger partial charge in [-0.2, -0.15) is 0 Å². The van der Waals surface area contributed by atoms with Gasteiger partial charge in [-0.25, -0.2) is 0 Å². The Morgan fingerprint density at radius 1 is 1.38 bits per heavy atom. The standard InChI is InChI=1S/C22H30ClN2OP.C6H13N/c1-7-16-10-11-20(27)22(23)21(16)15(5)26-19(14(4)24)12-17(8-2)18(9-3)13-25-6;1-2-6-4-3-5-7-6/h8-13,15H,2,7,24,27H2,1,3-6H3;6-7H,2-5H2,1H3/b17-12+,18-9+,19-14-,25-13?;/t;6-/m.0/s1. The second-order valence-electron chi connectivity index (χ2n) is 8.34. The lowest BCUT2D eigenvalue weighted by Crippen LogP contribution is -2.19. The lowest BCUT2D eigenvalue weighted by molar-refractivity contribution is 0.139. The number of halogens is 1. The van der Waals surface area contributed by atoms with Crippen molar-refractivity contribution in [1.29, 1.82) is 0 Å². The molecule has 3 N–H and O–H groups in total. The number of aliphatic imine (C=N–C) groups is 1. The fourth-order valence-electron chi connectivity index (χ4n) is 3.85. The van der Waals surface area contributed by atoms with Crippen LogP contribution in [0.25, 0.3) is 0 Å². The van der Waals surface area contributed by atoms with E-state index in [1.165, 1.54) is 25.8 Å². The maximum Gasteiger partial charge on any atom is 0.139 e. The van der Waals surface area contributed by atoms with Gasteiger partial charge >= 0.3 is 0 Å². The lowest BCUT2D eigenvalue weighted by atomic mass is 10.0. The number of rotatable bonds is 9. The summed E-state index contributed by atoms with van der Waals surface area (Å²) < 4.78 is 6.25. The smallest absolute Gasteiger partial charge is 0.139 e. The van der Waals surface area contributed by atoms with Crippen molar-refractivity contribution in [2.75, 3.05) is 13.6 Å². The molecule has 2 rings (SSSR count). The van der Waals surface area contributed by atoms with Gasteiger partial charge in [0.2, 0.25) is 0 Å². The maximum atomic E-state index is 6.58. The summed E-state index contributed by atoms with van der Waals surface area (Å²) in [6.45, 7) is 15.2. The normalized spacial score (nSPS) is 18.3. The number of hydrogen-bond acceptors (Lipinski definition) is 4. The van der Waals surface area contributed by atoms with Gasteiger partial charge in [-0.05, 0) is 81.1 Å². The number of nitrogens with zero attached hydrogens (tertiary/aromatic N) is 1. The molecule has 34 heavy (non-hydrogen) atoms. The Kier molecular flexibility index (Phi) is 14.1. The topological polar surface area (TPSA) is 59.6 Å². The van der Waals surface area contributed by atoms with E-state index in [0.717, 1.165) is 40.0 Å². The van der Waals surface area contributed by atoms with Crippen LogP contribution in [0.5, 0.6) is 0 Å². The Labute approximate surface area is 214 Å². The highest BCUT2D eigenvalue weighted by molar-refractivity contribution is 7.28. The molecule has 1 saturated heterocycles. The van der Waals surface area contributed by atoms with Crippen molar-refractivity contribution < 1.29 is 4.74 Å². The molecule has 0 aromatic heterocycles. The van der Waals surface area contributed by atoms with Crippen LogP contribution >= 0.6 is 20.8 Å². The SMILES string of the molecule is C=CC(=C\C(OC(C)c1c(CC)ccc(P)c1Cl)=C(/C)N)/C(C=NC)=C/C.CC[C@H]1CCCN1. The maximum absolute atomic E-state index is 6.58. The molecule has 1 aromatic carbocycles. The third kappa shape index (κ3) is 9.06. The molecule has 4 nitrogen and oxygen atoms in total. The summed E-state index contributed by atoms with van der Waals surface area (Å²) in [6, 6.07) is 4.94. The number of hydrogen-bond donors (Lipinski definition) is 2. The minimum absolute atomic E-state index is 0.252. The molecule has 1 heterocycles. The van der Waals surface area contributed by atoms with E-state index in [-0.39, 0.29) is 6.10 Å². The van der Waals surface area contributed by atoms with Crippen molar-refractivity contribution in [3.63, 3.8) is 0 Å². The first kappa shape index (κ1) is 30.2. The van der Waals surface area contributed by atoms with Gasteiger partial charge in [-0.15, -0.1) is 9.24 Å². The largest absolute Gasteiger partial charge is 0.484 e. The van der Waals surface area contributed by atoms with Crippen molar-refractivity contribution >= 4 is 32.4 Å². The Morgan fingerprint density at radius 3 is 2.53 bits per heavy atom. The van der Waals surface area contributed by atoms with Gasteiger partial charge in [-0.1, -0.05) is 56.3 Å². The van der Waals surface area contributed by atoms with E-state index in [9.17, 15) is 0 Å². The molecule has 1 aliphatic rings. The summed E-state index contributed by atoms with van der Waals surface area (Å²) in [5.74, 6) is 0.591. The molecular weight excluding hydrogens is 461 g/mol. The molecule has 188 valence electrons. The average molecular weight is 504 g/mol. The van der Waals surface area contributed by atoms with Crippen molar-refractivity contribution in [2.45, 2.75) is 72.4 Å². The summed E-state index contributed by atoms with van der Waals surface area (Å²) in [6.07, 6.45) is 12.1. The second-order valence-corrected chi connectivity index (χ2v) is 9.34. The Bertz CT molecular complexity index is 924. The molecule has 2 unspecified atom stereocenters. The highest BCUT2D eigenvalue weighted by Crippen LogP contribution is 2.32. The average Bonchev–Trinajstić information content (AvgIpc) is 3.36. The molecule has 0 spiro atoms. The van der Waals surface area contributed by atoms with E-state index in [1.54, 1.807) is 19.3 Å². The van der Waals surface area contributed by atoms with Crippen LogP contribution in [0, 0.1) is 0 Å². The quantitative estimate of drug-likeness (QED) is 0.173. The Morgan fingerprint density at radius 2 is 2.09 bits per heavy atom. The minimum Gasteiger partial charge on any atom is -0.484 e. The number of ether oxygens (including phenoxy) is 1. The summed E-state index contributed by atoms with van der Waals surface area (Å²) in [5.41, 5.74) is 10.7. The van der Waals surface area contributed by atoms with Gasteiger partial charge in [0.15, 0.2) is 0 Å². The van der Waals surface area contributed by atoms with E-state index in [0.29, 0.717) is 16.5 Å². The zero-order chi connectivity index (χ0) is 25.7. The number of allylic oxidation sites excluding steroid dienone is 6. The molecule has 0 radical (unpaired) electrons. The molecule has 1 aliphatic heterocycles.